The largest absolute Gasteiger partial charge is 0.461 e. The Balaban J connectivity index is 2.19. The molecular formula is C15H12N4O5. The number of ether oxygens (including phenoxy) is 1. The third kappa shape index (κ3) is 2.74. The van der Waals surface area contributed by atoms with Gasteiger partial charge in [-0.3, -0.25) is 10.1 Å². The van der Waals surface area contributed by atoms with E-state index in [0.29, 0.717) is 5.76 Å². The van der Waals surface area contributed by atoms with Gasteiger partial charge in [0.15, 0.2) is 5.76 Å². The molecule has 0 spiro atoms. The fourth-order valence-corrected chi connectivity index (χ4v) is 2.12. The van der Waals surface area contributed by atoms with Crippen LogP contribution in [-0.4, -0.2) is 32.3 Å². The summed E-state index contributed by atoms with van der Waals surface area (Å²) in [7, 11) is 0. The molecule has 122 valence electrons. The van der Waals surface area contributed by atoms with Crippen LogP contribution >= 0.6 is 0 Å². The van der Waals surface area contributed by atoms with E-state index >= 15 is 0 Å². The van der Waals surface area contributed by atoms with Crippen LogP contribution in [-0.2, 0) is 4.74 Å². The lowest BCUT2D eigenvalue weighted by Crippen LogP contribution is -2.14. The molecule has 1 aromatic carbocycles. The second kappa shape index (κ2) is 6.32. The lowest BCUT2D eigenvalue weighted by atomic mass is 10.2. The number of nitro groups is 1. The molecule has 24 heavy (non-hydrogen) atoms. The molecule has 0 aliphatic carbocycles. The molecule has 0 atom stereocenters. The van der Waals surface area contributed by atoms with Crippen LogP contribution < -0.4 is 0 Å². The van der Waals surface area contributed by atoms with Gasteiger partial charge in [-0.25, -0.2) is 4.79 Å². The highest BCUT2D eigenvalue weighted by Gasteiger charge is 2.25. The van der Waals surface area contributed by atoms with Crippen LogP contribution in [0.5, 0.6) is 0 Å². The zero-order valence-electron chi connectivity index (χ0n) is 12.6. The zero-order chi connectivity index (χ0) is 17.1. The van der Waals surface area contributed by atoms with Crippen molar-refractivity contribution in [1.82, 2.24) is 14.8 Å². The summed E-state index contributed by atoms with van der Waals surface area (Å²) in [5, 5.41) is 15.4. The predicted octanol–water partition coefficient (Wildman–Crippen LogP) is 2.61. The van der Waals surface area contributed by atoms with Crippen molar-refractivity contribution in [2.45, 2.75) is 6.92 Å². The molecule has 0 saturated heterocycles. The highest BCUT2D eigenvalue weighted by molar-refractivity contribution is 5.87. The molecule has 0 unspecified atom stereocenters. The van der Waals surface area contributed by atoms with Gasteiger partial charge in [-0.2, -0.15) is 9.67 Å². The maximum absolute atomic E-state index is 12.2. The van der Waals surface area contributed by atoms with Crippen LogP contribution in [0.4, 0.5) is 5.69 Å². The molecule has 0 bridgehead atoms. The van der Waals surface area contributed by atoms with Crippen molar-refractivity contribution in [3.63, 3.8) is 0 Å². The van der Waals surface area contributed by atoms with Crippen molar-refractivity contribution >= 4 is 11.7 Å². The maximum atomic E-state index is 12.2. The number of esters is 1. The van der Waals surface area contributed by atoms with Crippen LogP contribution in [0.3, 0.4) is 0 Å². The summed E-state index contributed by atoms with van der Waals surface area (Å²) >= 11 is 0. The fourth-order valence-electron chi connectivity index (χ4n) is 2.12. The minimum absolute atomic E-state index is 0.107. The minimum Gasteiger partial charge on any atom is -0.461 e. The van der Waals surface area contributed by atoms with Gasteiger partial charge in [0.25, 0.3) is 5.69 Å². The van der Waals surface area contributed by atoms with Crippen molar-refractivity contribution in [2.24, 2.45) is 0 Å². The van der Waals surface area contributed by atoms with Crippen LogP contribution in [0, 0.1) is 10.1 Å². The molecule has 9 nitrogen and oxygen atoms in total. The van der Waals surface area contributed by atoms with E-state index in [1.807, 2.05) is 0 Å². The maximum Gasteiger partial charge on any atom is 0.376 e. The van der Waals surface area contributed by atoms with Gasteiger partial charge in [-0.1, -0.05) is 12.1 Å². The first kappa shape index (κ1) is 15.4. The lowest BCUT2D eigenvalue weighted by molar-refractivity contribution is -0.384. The van der Waals surface area contributed by atoms with Gasteiger partial charge < -0.3 is 9.15 Å². The molecule has 0 aliphatic heterocycles. The highest BCUT2D eigenvalue weighted by Crippen LogP contribution is 2.25. The highest BCUT2D eigenvalue weighted by atomic mass is 16.6. The number of carbonyl (C=O) groups excluding carboxylic acids is 1. The first-order valence-electron chi connectivity index (χ1n) is 7.03. The number of benzene rings is 1. The monoisotopic (exact) mass is 328 g/mol. The van der Waals surface area contributed by atoms with Crippen molar-refractivity contribution in [1.29, 1.82) is 0 Å². The Labute approximate surface area is 135 Å². The van der Waals surface area contributed by atoms with Gasteiger partial charge in [0.05, 0.1) is 17.8 Å². The second-order valence-electron chi connectivity index (χ2n) is 4.61. The summed E-state index contributed by atoms with van der Waals surface area (Å²) in [6.07, 6.45) is 1.44. The van der Waals surface area contributed by atoms with Crippen molar-refractivity contribution in [3.8, 4) is 17.3 Å². The molecule has 3 aromatic rings. The van der Waals surface area contributed by atoms with Gasteiger partial charge in [-0.05, 0) is 25.1 Å². The molecular weight excluding hydrogens is 316 g/mol. The predicted molar refractivity (Wildman–Crippen MR) is 81.7 cm³/mol. The van der Waals surface area contributed by atoms with Gasteiger partial charge in [0.1, 0.15) is 5.69 Å². The summed E-state index contributed by atoms with van der Waals surface area (Å²) in [6, 6.07) is 9.18. The second-order valence-corrected chi connectivity index (χ2v) is 4.61. The molecule has 0 N–H and O–H groups in total. The quantitative estimate of drug-likeness (QED) is 0.402. The van der Waals surface area contributed by atoms with E-state index in [0.717, 1.165) is 4.68 Å². The number of carbonyl (C=O) groups is 1. The van der Waals surface area contributed by atoms with E-state index in [-0.39, 0.29) is 29.6 Å². The Hall–Kier alpha value is -3.49. The number of hydrogen-bond donors (Lipinski definition) is 0. The molecule has 2 aromatic heterocycles. The summed E-state index contributed by atoms with van der Waals surface area (Å²) in [5.41, 5.74) is -0.102. The van der Waals surface area contributed by atoms with Gasteiger partial charge >= 0.3 is 5.97 Å². The number of nitro benzene ring substituents is 1. The van der Waals surface area contributed by atoms with Crippen molar-refractivity contribution in [2.75, 3.05) is 6.61 Å². The summed E-state index contributed by atoms with van der Waals surface area (Å²) in [6.45, 7) is 1.79. The van der Waals surface area contributed by atoms with Crippen LogP contribution in [0.1, 0.15) is 17.5 Å². The molecule has 0 aliphatic rings. The molecule has 0 amide bonds. The Kier molecular flexibility index (Phi) is 4.06. The summed E-state index contributed by atoms with van der Waals surface area (Å²) in [5.74, 6) is -0.447. The first-order valence-corrected chi connectivity index (χ1v) is 7.03. The standard InChI is InChI=1S/C15H12N4O5/c1-2-23-15(20)14-16-13(12-8-5-9-24-12)17-18(14)10-6-3-4-7-11(10)19(21)22/h3-9H,2H2,1H3. The average molecular weight is 328 g/mol. The third-order valence-corrected chi connectivity index (χ3v) is 3.11. The summed E-state index contributed by atoms with van der Waals surface area (Å²) in [4.78, 5) is 27.0. The molecule has 3 rings (SSSR count). The van der Waals surface area contributed by atoms with Crippen molar-refractivity contribution in [3.05, 3.63) is 58.6 Å². The van der Waals surface area contributed by atoms with Gasteiger partial charge in [-0.15, -0.1) is 5.10 Å². The van der Waals surface area contributed by atoms with Gasteiger partial charge in [0, 0.05) is 6.07 Å². The van der Waals surface area contributed by atoms with E-state index in [1.165, 1.54) is 24.5 Å². The Morgan fingerprint density at radius 1 is 1.33 bits per heavy atom. The lowest BCUT2D eigenvalue weighted by Gasteiger charge is -2.05. The number of aromatic nitrogens is 3. The van der Waals surface area contributed by atoms with E-state index in [2.05, 4.69) is 10.1 Å². The normalized spacial score (nSPS) is 10.5. The first-order chi connectivity index (χ1) is 11.6. The molecule has 9 heteroatoms. The van der Waals surface area contributed by atoms with Crippen LogP contribution in [0.2, 0.25) is 0 Å². The Morgan fingerprint density at radius 3 is 2.79 bits per heavy atom. The number of nitrogens with zero attached hydrogens (tertiary/aromatic N) is 4. The average Bonchev–Trinajstić information content (AvgIpc) is 3.24. The van der Waals surface area contributed by atoms with Gasteiger partial charge in [0.2, 0.25) is 11.6 Å². The number of hydrogen-bond acceptors (Lipinski definition) is 7. The minimum atomic E-state index is -0.735. The smallest absolute Gasteiger partial charge is 0.376 e. The van der Waals surface area contributed by atoms with E-state index < -0.39 is 10.9 Å². The zero-order valence-corrected chi connectivity index (χ0v) is 12.6. The topological polar surface area (TPSA) is 113 Å². The van der Waals surface area contributed by atoms with Crippen LogP contribution in [0.15, 0.2) is 47.1 Å². The number of furan rings is 1. The van der Waals surface area contributed by atoms with E-state index in [4.69, 9.17) is 9.15 Å². The van der Waals surface area contributed by atoms with E-state index in [9.17, 15) is 14.9 Å². The Morgan fingerprint density at radius 2 is 2.12 bits per heavy atom. The number of rotatable bonds is 5. The molecule has 0 saturated carbocycles. The molecule has 2 heterocycles. The number of para-hydroxylation sites is 2. The fraction of sp³-hybridized carbons (Fsp3) is 0.133. The SMILES string of the molecule is CCOC(=O)c1nc(-c2ccco2)nn1-c1ccccc1[N+](=O)[O-]. The third-order valence-electron chi connectivity index (χ3n) is 3.11. The van der Waals surface area contributed by atoms with Crippen LogP contribution in [0.25, 0.3) is 17.3 Å². The summed E-state index contributed by atoms with van der Waals surface area (Å²) < 4.78 is 11.3. The molecule has 0 radical (unpaired) electrons. The Bertz CT molecular complexity index is 885. The molecule has 0 fully saturated rings. The van der Waals surface area contributed by atoms with Crippen molar-refractivity contribution < 1.29 is 18.9 Å². The van der Waals surface area contributed by atoms with E-state index in [1.54, 1.807) is 25.1 Å².